The number of carboxylic acid groups (broad SMARTS) is 4. The fourth-order valence-electron chi connectivity index (χ4n) is 2.20. The van der Waals surface area contributed by atoms with Crippen molar-refractivity contribution in [2.45, 2.75) is 65.5 Å². The molecule has 0 spiro atoms. The SMILES string of the molecule is O=C(O)C(=O)O.O=C(O)C(=O)O.O=N[O-].O=N[O-].[CH2-]Cc1nccn1CCCC.[CH2-]Cc1nccn1CCCC.[Cl][Pt+].[Cl][Pt+]. The van der Waals surface area contributed by atoms with Crippen LogP contribution in [0.4, 0.5) is 0 Å². The average Bonchev–Trinajstić information content (AvgIpc) is 3.67. The molecule has 0 saturated carbocycles. The normalized spacial score (nSPS) is 8.05. The van der Waals surface area contributed by atoms with Crippen molar-refractivity contribution < 1.29 is 77.2 Å². The van der Waals surface area contributed by atoms with E-state index in [1.165, 1.54) is 25.7 Å². The van der Waals surface area contributed by atoms with E-state index in [9.17, 15) is 0 Å². The Hall–Kier alpha value is -2.94. The molecule has 44 heavy (non-hydrogen) atoms. The first-order valence-electron chi connectivity index (χ1n) is 11.5. The van der Waals surface area contributed by atoms with Gasteiger partial charge in [0.05, 0.1) is 11.6 Å². The van der Waals surface area contributed by atoms with Crippen LogP contribution in [0.1, 0.15) is 51.2 Å². The number of nitrogens with zero attached hydrogens (tertiary/aromatic N) is 6. The van der Waals surface area contributed by atoms with Gasteiger partial charge in [-0.3, -0.25) is 0 Å². The summed E-state index contributed by atoms with van der Waals surface area (Å²) in [5, 5.41) is 47.6. The Kier molecular flexibility index (Phi) is 54.2. The van der Waals surface area contributed by atoms with Crippen LogP contribution in [0.5, 0.6) is 0 Å². The summed E-state index contributed by atoms with van der Waals surface area (Å²) in [4.78, 5) is 60.8. The van der Waals surface area contributed by atoms with Gasteiger partial charge in [0.15, 0.2) is 0 Å². The van der Waals surface area contributed by atoms with Gasteiger partial charge in [0, 0.05) is 37.9 Å². The van der Waals surface area contributed by atoms with E-state index in [1.807, 2.05) is 24.8 Å². The van der Waals surface area contributed by atoms with Crippen LogP contribution in [0.15, 0.2) is 35.5 Å². The maximum absolute atomic E-state index is 9.10. The van der Waals surface area contributed by atoms with Crippen molar-refractivity contribution in [3.63, 3.8) is 0 Å². The first-order valence-corrected chi connectivity index (χ1v) is 17.2. The van der Waals surface area contributed by atoms with Gasteiger partial charge in [-0.15, -0.1) is 23.5 Å². The molecule has 0 bridgehead atoms. The number of hydrogen-bond acceptors (Lipinski definition) is 12. The molecule has 4 N–H and O–H groups in total. The Morgan fingerprint density at radius 2 is 0.955 bits per heavy atom. The summed E-state index contributed by atoms with van der Waals surface area (Å²) in [6, 6.07) is 0. The van der Waals surface area contributed by atoms with Crippen molar-refractivity contribution in [1.82, 2.24) is 19.1 Å². The molecule has 2 aromatic rings. The van der Waals surface area contributed by atoms with Gasteiger partial charge in [-0.25, -0.2) is 29.1 Å². The quantitative estimate of drug-likeness (QED) is 0.124. The topological polar surface area (TPSA) is 290 Å². The van der Waals surface area contributed by atoms with Crippen molar-refractivity contribution in [2.24, 2.45) is 10.7 Å². The van der Waals surface area contributed by atoms with Gasteiger partial charge in [-0.2, -0.15) is 0 Å². The van der Waals surface area contributed by atoms with Gasteiger partial charge in [0.2, 0.25) is 0 Å². The molecule has 2 aromatic heterocycles. The van der Waals surface area contributed by atoms with Crippen LogP contribution in [-0.4, -0.2) is 63.4 Å². The molecule has 2 heterocycles. The van der Waals surface area contributed by atoms with E-state index in [0.29, 0.717) is 0 Å². The molecule has 0 saturated heterocycles. The van der Waals surface area contributed by atoms with Crippen molar-refractivity contribution in [3.8, 4) is 0 Å². The number of unbranched alkanes of at least 4 members (excludes halogenated alkanes) is 2. The molecule has 0 fully saturated rings. The second-order valence-corrected chi connectivity index (χ2v) is 6.65. The van der Waals surface area contributed by atoms with Crippen LogP contribution < -0.4 is 0 Å². The van der Waals surface area contributed by atoms with Crippen molar-refractivity contribution in [2.75, 3.05) is 0 Å². The van der Waals surface area contributed by atoms with Crippen molar-refractivity contribution >= 4 is 42.7 Å². The molecule has 18 nitrogen and oxygen atoms in total. The molecular weight excluding hydrogens is 1000 g/mol. The second-order valence-electron chi connectivity index (χ2n) is 6.65. The molecule has 2 rings (SSSR count). The molecule has 0 aliphatic heterocycles. The summed E-state index contributed by atoms with van der Waals surface area (Å²) >= 11 is 3.22. The molecule has 260 valence electrons. The first kappa shape index (κ1) is 53.6. The van der Waals surface area contributed by atoms with Crippen LogP contribution in [0.2, 0.25) is 0 Å². The second kappa shape index (κ2) is 44.5. The molecule has 0 amide bonds. The molecule has 0 aliphatic carbocycles. The van der Waals surface area contributed by atoms with E-state index in [-0.39, 0.29) is 0 Å². The number of aromatic nitrogens is 4. The van der Waals surface area contributed by atoms with Gasteiger partial charge in [-0.1, -0.05) is 26.7 Å². The van der Waals surface area contributed by atoms with E-state index in [4.69, 9.17) is 59.8 Å². The van der Waals surface area contributed by atoms with Gasteiger partial charge in [0.1, 0.15) is 0 Å². The Morgan fingerprint density at radius 1 is 0.727 bits per heavy atom. The zero-order valence-corrected chi connectivity index (χ0v) is 29.6. The van der Waals surface area contributed by atoms with E-state index in [2.05, 4.69) is 65.6 Å². The first-order chi connectivity index (χ1) is 20.9. The van der Waals surface area contributed by atoms with Gasteiger partial charge < -0.3 is 63.6 Å². The number of aryl methyl sites for hydroxylation is 2. The zero-order chi connectivity index (χ0) is 35.9. The summed E-state index contributed by atoms with van der Waals surface area (Å²) in [6.07, 6.45) is 14.2. The third kappa shape index (κ3) is 41.2. The van der Waals surface area contributed by atoms with Crippen LogP contribution in [0.25, 0.3) is 0 Å². The Morgan fingerprint density at radius 3 is 1.11 bits per heavy atom. The number of rotatable bonds is 8. The van der Waals surface area contributed by atoms with Crippen LogP contribution in [0.3, 0.4) is 0 Å². The Balaban J connectivity index is -0.000000102. The molecular formula is C22H34Cl2N6O12Pt2-2. The molecule has 0 radical (unpaired) electrons. The molecule has 0 atom stereocenters. The van der Waals surface area contributed by atoms with Gasteiger partial charge >= 0.3 is 80.3 Å². The fraction of sp³-hybridized carbons (Fsp3) is 0.455. The number of hydrogen-bond donors (Lipinski definition) is 4. The summed E-state index contributed by atoms with van der Waals surface area (Å²) in [6.45, 7) is 14.2. The summed E-state index contributed by atoms with van der Waals surface area (Å²) in [5.74, 6) is -5.10. The van der Waals surface area contributed by atoms with Crippen LogP contribution >= 0.6 is 18.8 Å². The van der Waals surface area contributed by atoms with E-state index in [1.54, 1.807) is 37.5 Å². The van der Waals surface area contributed by atoms with E-state index in [0.717, 1.165) is 48.3 Å². The molecule has 0 aliphatic rings. The maximum atomic E-state index is 9.10. The minimum atomic E-state index is -1.82. The standard InChI is InChI=1S/2C9H15N2.2C2H2O4.2ClH.2HNO2.2Pt/c2*1-3-5-7-11-8-6-10-9(11)4-2;2*3-1(4)2(5)6;;;2*2-1-3;;/h2*6,8H,2-5,7H2,1H3;2*(H,3,4)(H,5,6);2*1H;2*(H,2,3);;/q2*-1;;;;;;;2*+2/p-4. The summed E-state index contributed by atoms with van der Waals surface area (Å²) in [7, 11) is 9.22. The van der Waals surface area contributed by atoms with E-state index >= 15 is 0 Å². The van der Waals surface area contributed by atoms with Gasteiger partial charge in [-0.05, 0) is 12.8 Å². The predicted octanol–water partition coefficient (Wildman–Crippen LogP) is 4.31. The minimum absolute atomic E-state index is 0.788. The monoisotopic (exact) mass is 1030 g/mol. The third-order valence-electron chi connectivity index (χ3n) is 3.92. The number of aliphatic carboxylic acids is 4. The Bertz CT molecular complexity index is 885. The number of halogens is 2. The molecule has 0 aromatic carbocycles. The predicted molar refractivity (Wildman–Crippen MR) is 153 cm³/mol. The molecule has 22 heteroatoms. The van der Waals surface area contributed by atoms with Crippen molar-refractivity contribution in [3.05, 3.63) is 70.5 Å². The third-order valence-corrected chi connectivity index (χ3v) is 3.92. The fourth-order valence-corrected chi connectivity index (χ4v) is 2.20. The zero-order valence-electron chi connectivity index (χ0n) is 23.5. The number of carboxylic acids is 4. The van der Waals surface area contributed by atoms with Crippen molar-refractivity contribution in [1.29, 1.82) is 0 Å². The van der Waals surface area contributed by atoms with Crippen LogP contribution in [0, 0.1) is 34.1 Å². The number of imidazole rings is 2. The van der Waals surface area contributed by atoms with E-state index < -0.39 is 23.9 Å². The number of carbonyl (C=O) groups is 4. The Labute approximate surface area is 284 Å². The summed E-state index contributed by atoms with van der Waals surface area (Å²) < 4.78 is 4.35. The van der Waals surface area contributed by atoms with Crippen LogP contribution in [-0.2, 0) is 82.7 Å². The molecule has 0 unspecified atom stereocenters. The average molecular weight is 1040 g/mol. The summed E-state index contributed by atoms with van der Waals surface area (Å²) in [5.41, 5.74) is 0. The van der Waals surface area contributed by atoms with Gasteiger partial charge in [0.25, 0.3) is 0 Å².